The van der Waals surface area contributed by atoms with Crippen LogP contribution < -0.4 is 10.6 Å². The summed E-state index contributed by atoms with van der Waals surface area (Å²) in [6.45, 7) is 9.43. The van der Waals surface area contributed by atoms with Gasteiger partial charge in [0.05, 0.1) is 6.04 Å². The molecule has 1 rings (SSSR count). The first kappa shape index (κ1) is 16.5. The molecular formula is C16H32N2O. The second-order valence-corrected chi connectivity index (χ2v) is 6.42. The molecule has 0 bridgehead atoms. The lowest BCUT2D eigenvalue weighted by molar-refractivity contribution is -0.123. The Balaban J connectivity index is 2.15. The molecule has 3 nitrogen and oxygen atoms in total. The Kier molecular flexibility index (Phi) is 7.44. The van der Waals surface area contributed by atoms with Crippen LogP contribution in [0.25, 0.3) is 0 Å². The van der Waals surface area contributed by atoms with Gasteiger partial charge in [0.25, 0.3) is 0 Å². The molecule has 112 valence electrons. The number of hydrogen-bond acceptors (Lipinski definition) is 2. The number of nitrogens with one attached hydrogen (secondary N) is 2. The van der Waals surface area contributed by atoms with Crippen LogP contribution in [0.4, 0.5) is 0 Å². The van der Waals surface area contributed by atoms with E-state index in [9.17, 15) is 4.79 Å². The van der Waals surface area contributed by atoms with E-state index in [0.29, 0.717) is 0 Å². The summed E-state index contributed by atoms with van der Waals surface area (Å²) in [6, 6.07) is 0.200. The third-order valence-electron chi connectivity index (χ3n) is 4.44. The van der Waals surface area contributed by atoms with Crippen LogP contribution >= 0.6 is 0 Å². The average Bonchev–Trinajstić information content (AvgIpc) is 2.38. The minimum atomic E-state index is -0.0741. The maximum Gasteiger partial charge on any atom is 0.237 e. The number of hydrogen-bond donors (Lipinski definition) is 2. The maximum atomic E-state index is 11.9. The van der Waals surface area contributed by atoms with Gasteiger partial charge in [-0.25, -0.2) is 0 Å². The van der Waals surface area contributed by atoms with Gasteiger partial charge in [0.1, 0.15) is 0 Å². The molecule has 3 heteroatoms. The molecule has 0 saturated heterocycles. The van der Waals surface area contributed by atoms with E-state index in [1.54, 1.807) is 0 Å². The third kappa shape index (κ3) is 6.42. The van der Waals surface area contributed by atoms with Gasteiger partial charge in [-0.2, -0.15) is 0 Å². The van der Waals surface area contributed by atoms with E-state index in [0.717, 1.165) is 24.8 Å². The van der Waals surface area contributed by atoms with E-state index in [-0.39, 0.29) is 18.0 Å². The van der Waals surface area contributed by atoms with Crippen molar-refractivity contribution >= 4 is 5.91 Å². The minimum Gasteiger partial charge on any atom is -0.352 e. The molecule has 4 atom stereocenters. The summed E-state index contributed by atoms with van der Waals surface area (Å²) in [5.41, 5.74) is 0. The first-order valence-corrected chi connectivity index (χ1v) is 8.06. The van der Waals surface area contributed by atoms with E-state index in [2.05, 4.69) is 24.5 Å². The van der Waals surface area contributed by atoms with Crippen molar-refractivity contribution < 1.29 is 4.79 Å². The van der Waals surface area contributed by atoms with Crippen molar-refractivity contribution in [3.05, 3.63) is 0 Å². The SMILES string of the molecule is CCC(C)NC(=O)C(C)NCCC1CCCC(C)C1. The zero-order valence-corrected chi connectivity index (χ0v) is 13.2. The predicted molar refractivity (Wildman–Crippen MR) is 81.1 cm³/mol. The molecule has 1 aliphatic carbocycles. The highest BCUT2D eigenvalue weighted by Gasteiger charge is 2.19. The molecular weight excluding hydrogens is 236 g/mol. The third-order valence-corrected chi connectivity index (χ3v) is 4.44. The van der Waals surface area contributed by atoms with Gasteiger partial charge in [0, 0.05) is 6.04 Å². The molecule has 0 aromatic carbocycles. The molecule has 19 heavy (non-hydrogen) atoms. The summed E-state index contributed by atoms with van der Waals surface area (Å²) in [5.74, 6) is 1.89. The van der Waals surface area contributed by atoms with Gasteiger partial charge in [-0.05, 0) is 51.5 Å². The highest BCUT2D eigenvalue weighted by Crippen LogP contribution is 2.30. The van der Waals surface area contributed by atoms with Gasteiger partial charge >= 0.3 is 0 Å². The quantitative estimate of drug-likeness (QED) is 0.745. The van der Waals surface area contributed by atoms with Gasteiger partial charge in [0.15, 0.2) is 0 Å². The summed E-state index contributed by atoms with van der Waals surface area (Å²) < 4.78 is 0. The number of amides is 1. The Hall–Kier alpha value is -0.570. The van der Waals surface area contributed by atoms with Crippen molar-refractivity contribution in [2.24, 2.45) is 11.8 Å². The lowest BCUT2D eigenvalue weighted by Crippen LogP contribution is -2.45. The molecule has 2 N–H and O–H groups in total. The molecule has 1 amide bonds. The molecule has 0 aromatic rings. The Morgan fingerprint density at radius 2 is 2.05 bits per heavy atom. The molecule has 0 heterocycles. The monoisotopic (exact) mass is 268 g/mol. The molecule has 1 fully saturated rings. The molecule has 1 saturated carbocycles. The predicted octanol–water partition coefficient (Wildman–Crippen LogP) is 3.10. The first-order chi connectivity index (χ1) is 9.02. The van der Waals surface area contributed by atoms with Crippen molar-refractivity contribution in [2.45, 2.75) is 78.3 Å². The van der Waals surface area contributed by atoms with E-state index >= 15 is 0 Å². The van der Waals surface area contributed by atoms with Crippen molar-refractivity contribution in [3.63, 3.8) is 0 Å². The van der Waals surface area contributed by atoms with E-state index in [1.165, 1.54) is 32.1 Å². The fraction of sp³-hybridized carbons (Fsp3) is 0.938. The van der Waals surface area contributed by atoms with Crippen LogP contribution in [0, 0.1) is 11.8 Å². The zero-order valence-electron chi connectivity index (χ0n) is 13.2. The van der Waals surface area contributed by atoms with Crippen molar-refractivity contribution in [2.75, 3.05) is 6.54 Å². The fourth-order valence-corrected chi connectivity index (χ4v) is 2.89. The summed E-state index contributed by atoms with van der Waals surface area (Å²) >= 11 is 0. The van der Waals surface area contributed by atoms with Crippen LogP contribution in [0.2, 0.25) is 0 Å². The van der Waals surface area contributed by atoms with E-state index < -0.39 is 0 Å². The first-order valence-electron chi connectivity index (χ1n) is 8.06. The standard InChI is InChI=1S/C16H32N2O/c1-5-13(3)18-16(19)14(4)17-10-9-15-8-6-7-12(2)11-15/h12-15,17H,5-11H2,1-4H3,(H,18,19). The second-order valence-electron chi connectivity index (χ2n) is 6.42. The Labute approximate surface area is 118 Å². The van der Waals surface area contributed by atoms with E-state index in [1.807, 2.05) is 13.8 Å². The Morgan fingerprint density at radius 1 is 1.32 bits per heavy atom. The summed E-state index contributed by atoms with van der Waals surface area (Å²) in [4.78, 5) is 11.9. The van der Waals surface area contributed by atoms with Crippen molar-refractivity contribution in [3.8, 4) is 0 Å². The van der Waals surface area contributed by atoms with Gasteiger partial charge < -0.3 is 10.6 Å². The smallest absolute Gasteiger partial charge is 0.237 e. The van der Waals surface area contributed by atoms with Crippen LogP contribution in [0.3, 0.4) is 0 Å². The van der Waals surface area contributed by atoms with Crippen LogP contribution in [0.5, 0.6) is 0 Å². The highest BCUT2D eigenvalue weighted by atomic mass is 16.2. The van der Waals surface area contributed by atoms with Crippen molar-refractivity contribution in [1.29, 1.82) is 0 Å². The lowest BCUT2D eigenvalue weighted by Gasteiger charge is -2.27. The van der Waals surface area contributed by atoms with Gasteiger partial charge in [-0.3, -0.25) is 4.79 Å². The minimum absolute atomic E-state index is 0.0741. The maximum absolute atomic E-state index is 11.9. The Morgan fingerprint density at radius 3 is 2.68 bits per heavy atom. The van der Waals surface area contributed by atoms with Crippen LogP contribution in [0.1, 0.15) is 66.2 Å². The molecule has 0 radical (unpaired) electrons. The van der Waals surface area contributed by atoms with E-state index in [4.69, 9.17) is 0 Å². The topological polar surface area (TPSA) is 41.1 Å². The fourth-order valence-electron chi connectivity index (χ4n) is 2.89. The normalized spacial score (nSPS) is 26.7. The average molecular weight is 268 g/mol. The molecule has 0 aliphatic heterocycles. The molecule has 4 unspecified atom stereocenters. The number of carbonyl (C=O) groups excluding carboxylic acids is 1. The van der Waals surface area contributed by atoms with Gasteiger partial charge in [0.2, 0.25) is 5.91 Å². The highest BCUT2D eigenvalue weighted by molar-refractivity contribution is 5.81. The molecule has 0 aromatic heterocycles. The zero-order chi connectivity index (χ0) is 14.3. The number of carbonyl (C=O) groups is 1. The summed E-state index contributed by atoms with van der Waals surface area (Å²) in [6.07, 6.45) is 7.73. The van der Waals surface area contributed by atoms with Crippen LogP contribution in [-0.2, 0) is 4.79 Å². The summed E-state index contributed by atoms with van der Waals surface area (Å²) in [5, 5.41) is 6.39. The lowest BCUT2D eigenvalue weighted by atomic mass is 9.81. The van der Waals surface area contributed by atoms with Gasteiger partial charge in [-0.1, -0.05) is 33.1 Å². The van der Waals surface area contributed by atoms with Gasteiger partial charge in [-0.15, -0.1) is 0 Å². The number of rotatable bonds is 7. The largest absolute Gasteiger partial charge is 0.352 e. The van der Waals surface area contributed by atoms with Crippen molar-refractivity contribution in [1.82, 2.24) is 10.6 Å². The molecule has 0 spiro atoms. The Bertz CT molecular complexity index is 267. The van der Waals surface area contributed by atoms with Crippen LogP contribution in [0.15, 0.2) is 0 Å². The van der Waals surface area contributed by atoms with Crippen LogP contribution in [-0.4, -0.2) is 24.5 Å². The summed E-state index contributed by atoms with van der Waals surface area (Å²) in [7, 11) is 0. The molecule has 1 aliphatic rings. The second kappa shape index (κ2) is 8.57.